The SMILES string of the molecule is COc1ccc(C2CCCCN2CCNC(=O)c2ccc(C(F)(F)F)cc2)cc1OC. The van der Waals surface area contributed by atoms with Gasteiger partial charge in [-0.2, -0.15) is 13.2 Å². The number of hydrogen-bond acceptors (Lipinski definition) is 4. The summed E-state index contributed by atoms with van der Waals surface area (Å²) in [7, 11) is 3.21. The molecule has 3 rings (SSSR count). The van der Waals surface area contributed by atoms with Gasteiger partial charge in [0.15, 0.2) is 11.5 Å². The average Bonchev–Trinajstić information content (AvgIpc) is 2.78. The van der Waals surface area contributed by atoms with E-state index in [1.165, 1.54) is 12.1 Å². The van der Waals surface area contributed by atoms with E-state index in [-0.39, 0.29) is 17.5 Å². The second kappa shape index (κ2) is 10.0. The molecule has 1 aliphatic heterocycles. The minimum atomic E-state index is -4.41. The van der Waals surface area contributed by atoms with Gasteiger partial charge in [0.2, 0.25) is 0 Å². The summed E-state index contributed by atoms with van der Waals surface area (Å²) in [6.45, 7) is 1.96. The van der Waals surface area contributed by atoms with Crippen LogP contribution in [-0.2, 0) is 6.18 Å². The Morgan fingerprint density at radius 1 is 1.06 bits per heavy atom. The maximum atomic E-state index is 12.7. The molecule has 1 fully saturated rings. The van der Waals surface area contributed by atoms with Crippen LogP contribution in [0.25, 0.3) is 0 Å². The number of likely N-dealkylation sites (tertiary alicyclic amines) is 1. The van der Waals surface area contributed by atoms with Crippen LogP contribution < -0.4 is 14.8 Å². The van der Waals surface area contributed by atoms with Gasteiger partial charge in [-0.05, 0) is 61.3 Å². The van der Waals surface area contributed by atoms with E-state index in [4.69, 9.17) is 9.47 Å². The van der Waals surface area contributed by atoms with Crippen LogP contribution in [0.3, 0.4) is 0 Å². The Balaban J connectivity index is 1.60. The van der Waals surface area contributed by atoms with Crippen molar-refractivity contribution in [3.63, 3.8) is 0 Å². The van der Waals surface area contributed by atoms with E-state index < -0.39 is 11.7 Å². The molecule has 31 heavy (non-hydrogen) atoms. The molecule has 2 aromatic rings. The molecule has 1 atom stereocenters. The first kappa shape index (κ1) is 22.9. The predicted octanol–water partition coefficient (Wildman–Crippen LogP) is 4.68. The summed E-state index contributed by atoms with van der Waals surface area (Å²) in [5.41, 5.74) is 0.574. The number of alkyl halides is 3. The monoisotopic (exact) mass is 436 g/mol. The Hall–Kier alpha value is -2.74. The van der Waals surface area contributed by atoms with Gasteiger partial charge >= 0.3 is 6.18 Å². The van der Waals surface area contributed by atoms with Crippen LogP contribution in [0.15, 0.2) is 42.5 Å². The number of nitrogens with one attached hydrogen (secondary N) is 1. The summed E-state index contributed by atoms with van der Waals surface area (Å²) in [6.07, 6.45) is -1.21. The van der Waals surface area contributed by atoms with Crippen molar-refractivity contribution in [3.05, 3.63) is 59.2 Å². The number of rotatable bonds is 7. The van der Waals surface area contributed by atoms with Gasteiger partial charge in [0.1, 0.15) is 0 Å². The molecule has 5 nitrogen and oxygen atoms in total. The normalized spacial score (nSPS) is 17.3. The molecule has 0 saturated carbocycles. The molecule has 0 bridgehead atoms. The van der Waals surface area contributed by atoms with E-state index in [1.807, 2.05) is 18.2 Å². The molecule has 1 N–H and O–H groups in total. The fourth-order valence-electron chi connectivity index (χ4n) is 3.92. The largest absolute Gasteiger partial charge is 0.493 e. The molecular formula is C23H27F3N2O3. The number of amides is 1. The summed E-state index contributed by atoms with van der Waals surface area (Å²) < 4.78 is 48.8. The lowest BCUT2D eigenvalue weighted by Gasteiger charge is -2.36. The lowest BCUT2D eigenvalue weighted by atomic mass is 9.95. The molecule has 8 heteroatoms. The maximum absolute atomic E-state index is 12.7. The van der Waals surface area contributed by atoms with Crippen LogP contribution >= 0.6 is 0 Å². The van der Waals surface area contributed by atoms with Gasteiger partial charge in [0.25, 0.3) is 5.91 Å². The van der Waals surface area contributed by atoms with Crippen molar-refractivity contribution in [3.8, 4) is 11.5 Å². The Labute approximate surface area is 180 Å². The van der Waals surface area contributed by atoms with Gasteiger partial charge < -0.3 is 14.8 Å². The molecule has 0 aliphatic carbocycles. The standard InChI is InChI=1S/C23H27F3N2O3/c1-30-20-11-8-17(15-21(20)31-2)19-5-3-4-13-28(19)14-12-27-22(29)16-6-9-18(10-7-16)23(24,25)26/h6-11,15,19H,3-5,12-14H2,1-2H3,(H,27,29). The van der Waals surface area contributed by atoms with Gasteiger partial charge in [0.05, 0.1) is 19.8 Å². The van der Waals surface area contributed by atoms with E-state index in [1.54, 1.807) is 14.2 Å². The van der Waals surface area contributed by atoms with Crippen molar-refractivity contribution in [1.82, 2.24) is 10.2 Å². The maximum Gasteiger partial charge on any atom is 0.416 e. The van der Waals surface area contributed by atoms with Gasteiger partial charge in [-0.15, -0.1) is 0 Å². The first-order chi connectivity index (χ1) is 14.8. The highest BCUT2D eigenvalue weighted by Crippen LogP contribution is 2.36. The van der Waals surface area contributed by atoms with Crippen LogP contribution in [-0.4, -0.2) is 44.7 Å². The molecule has 168 valence electrons. The molecule has 2 aromatic carbocycles. The Morgan fingerprint density at radius 2 is 1.77 bits per heavy atom. The van der Waals surface area contributed by atoms with Crippen LogP contribution in [0.4, 0.5) is 13.2 Å². The van der Waals surface area contributed by atoms with Crippen molar-refractivity contribution >= 4 is 5.91 Å². The van der Waals surface area contributed by atoms with Crippen LogP contribution in [0.5, 0.6) is 11.5 Å². The van der Waals surface area contributed by atoms with Crippen LogP contribution in [0.2, 0.25) is 0 Å². The third kappa shape index (κ3) is 5.70. The Kier molecular flexibility index (Phi) is 7.43. The number of hydrogen-bond donors (Lipinski definition) is 1. The Bertz CT molecular complexity index is 885. The smallest absolute Gasteiger partial charge is 0.416 e. The quantitative estimate of drug-likeness (QED) is 0.685. The zero-order valence-corrected chi connectivity index (χ0v) is 17.7. The average molecular weight is 436 g/mol. The van der Waals surface area contributed by atoms with Gasteiger partial charge in [-0.25, -0.2) is 0 Å². The number of ether oxygens (including phenoxy) is 2. The van der Waals surface area contributed by atoms with Crippen LogP contribution in [0, 0.1) is 0 Å². The summed E-state index contributed by atoms with van der Waals surface area (Å²) >= 11 is 0. The Morgan fingerprint density at radius 3 is 2.42 bits per heavy atom. The second-order valence-electron chi connectivity index (χ2n) is 7.49. The first-order valence-electron chi connectivity index (χ1n) is 10.2. The van der Waals surface area contributed by atoms with Crippen molar-refractivity contribution in [1.29, 1.82) is 0 Å². The lowest BCUT2D eigenvalue weighted by molar-refractivity contribution is -0.137. The molecule has 1 unspecified atom stereocenters. The summed E-state index contributed by atoms with van der Waals surface area (Å²) in [4.78, 5) is 14.6. The van der Waals surface area contributed by atoms with E-state index >= 15 is 0 Å². The number of nitrogens with zero attached hydrogens (tertiary/aromatic N) is 1. The van der Waals surface area contributed by atoms with Crippen molar-refractivity contribution in [2.24, 2.45) is 0 Å². The topological polar surface area (TPSA) is 50.8 Å². The highest BCUT2D eigenvalue weighted by atomic mass is 19.4. The van der Waals surface area contributed by atoms with E-state index in [0.29, 0.717) is 24.6 Å². The van der Waals surface area contributed by atoms with E-state index in [2.05, 4.69) is 10.2 Å². The fraction of sp³-hybridized carbons (Fsp3) is 0.435. The number of piperidine rings is 1. The zero-order chi connectivity index (χ0) is 22.4. The van der Waals surface area contributed by atoms with Crippen molar-refractivity contribution < 1.29 is 27.4 Å². The van der Waals surface area contributed by atoms with Crippen molar-refractivity contribution in [2.45, 2.75) is 31.5 Å². The molecule has 1 amide bonds. The molecule has 0 spiro atoms. The van der Waals surface area contributed by atoms with E-state index in [9.17, 15) is 18.0 Å². The van der Waals surface area contributed by atoms with Gasteiger partial charge in [0, 0.05) is 24.7 Å². The second-order valence-corrected chi connectivity index (χ2v) is 7.49. The lowest BCUT2D eigenvalue weighted by Crippen LogP contribution is -2.39. The highest BCUT2D eigenvalue weighted by molar-refractivity contribution is 5.94. The molecule has 0 aromatic heterocycles. The minimum Gasteiger partial charge on any atom is -0.493 e. The molecular weight excluding hydrogens is 409 g/mol. The van der Waals surface area contributed by atoms with Crippen molar-refractivity contribution in [2.75, 3.05) is 33.9 Å². The fourth-order valence-corrected chi connectivity index (χ4v) is 3.92. The minimum absolute atomic E-state index is 0.205. The molecule has 1 aliphatic rings. The number of methoxy groups -OCH3 is 2. The van der Waals surface area contributed by atoms with Crippen LogP contribution in [0.1, 0.15) is 46.8 Å². The van der Waals surface area contributed by atoms with Gasteiger partial charge in [-0.1, -0.05) is 12.5 Å². The molecule has 1 saturated heterocycles. The number of halogens is 3. The third-order valence-electron chi connectivity index (χ3n) is 5.57. The highest BCUT2D eigenvalue weighted by Gasteiger charge is 2.30. The zero-order valence-electron chi connectivity index (χ0n) is 17.7. The number of carbonyl (C=O) groups is 1. The predicted molar refractivity (Wildman–Crippen MR) is 111 cm³/mol. The summed E-state index contributed by atoms with van der Waals surface area (Å²) in [5, 5.41) is 2.81. The van der Waals surface area contributed by atoms with E-state index in [0.717, 1.165) is 43.5 Å². The third-order valence-corrected chi connectivity index (χ3v) is 5.57. The first-order valence-corrected chi connectivity index (χ1v) is 10.2. The van der Waals surface area contributed by atoms with Gasteiger partial charge in [-0.3, -0.25) is 9.69 Å². The number of benzene rings is 2. The molecule has 1 heterocycles. The molecule has 0 radical (unpaired) electrons. The summed E-state index contributed by atoms with van der Waals surface area (Å²) in [5.74, 6) is 0.979. The summed E-state index contributed by atoms with van der Waals surface area (Å²) in [6, 6.07) is 10.4. The number of carbonyl (C=O) groups excluding carboxylic acids is 1.